The Kier molecular flexibility index (Phi) is 4.78. The summed E-state index contributed by atoms with van der Waals surface area (Å²) in [5, 5.41) is 3.38. The molecule has 2 aromatic rings. The highest BCUT2D eigenvalue weighted by Crippen LogP contribution is 2.42. The number of hydrogen-bond acceptors (Lipinski definition) is 4. The number of pyridine rings is 1. The molecule has 1 amide bonds. The quantitative estimate of drug-likeness (QED) is 0.872. The maximum Gasteiger partial charge on any atom is 0.253 e. The van der Waals surface area contributed by atoms with Crippen LogP contribution in [0.5, 0.6) is 0 Å². The molecule has 3 heterocycles. The van der Waals surface area contributed by atoms with E-state index in [9.17, 15) is 4.79 Å². The van der Waals surface area contributed by atoms with Crippen LogP contribution in [-0.4, -0.2) is 49.0 Å². The summed E-state index contributed by atoms with van der Waals surface area (Å²) in [6.07, 6.45) is 9.40. The van der Waals surface area contributed by atoms with Crippen molar-refractivity contribution in [3.05, 3.63) is 59.4 Å². The number of benzene rings is 1. The van der Waals surface area contributed by atoms with Crippen molar-refractivity contribution in [2.24, 2.45) is 5.41 Å². The lowest BCUT2D eigenvalue weighted by atomic mass is 9.77. The van der Waals surface area contributed by atoms with E-state index in [0.717, 1.165) is 57.4 Å². The Morgan fingerprint density at radius 1 is 1.10 bits per heavy atom. The third-order valence-corrected chi connectivity index (χ3v) is 7.40. The van der Waals surface area contributed by atoms with E-state index in [1.807, 2.05) is 25.5 Å². The van der Waals surface area contributed by atoms with Gasteiger partial charge in [-0.3, -0.25) is 9.78 Å². The number of likely N-dealkylation sites (tertiary alicyclic amines) is 1. The summed E-state index contributed by atoms with van der Waals surface area (Å²) in [6, 6.07) is 10.9. The first-order valence-electron chi connectivity index (χ1n) is 10.9. The minimum atomic E-state index is 0.202. The van der Waals surface area contributed by atoms with E-state index >= 15 is 0 Å². The second-order valence-corrected chi connectivity index (χ2v) is 8.96. The first kappa shape index (κ1) is 18.6. The van der Waals surface area contributed by atoms with Crippen molar-refractivity contribution in [3.8, 4) is 0 Å². The third-order valence-electron chi connectivity index (χ3n) is 7.40. The molecule has 1 aromatic carbocycles. The molecule has 1 atom stereocenters. The van der Waals surface area contributed by atoms with Crippen molar-refractivity contribution >= 4 is 11.6 Å². The topological polar surface area (TPSA) is 48.5 Å². The Bertz CT molecular complexity index is 889. The van der Waals surface area contributed by atoms with Crippen LogP contribution in [0.2, 0.25) is 0 Å². The average Bonchev–Trinajstić information content (AvgIpc) is 3.38. The maximum atomic E-state index is 13.2. The van der Waals surface area contributed by atoms with Gasteiger partial charge >= 0.3 is 0 Å². The monoisotopic (exact) mass is 390 g/mol. The molecular weight excluding hydrogens is 360 g/mol. The van der Waals surface area contributed by atoms with Crippen molar-refractivity contribution in [1.29, 1.82) is 0 Å². The highest BCUT2D eigenvalue weighted by Gasteiger charge is 2.41. The van der Waals surface area contributed by atoms with Gasteiger partial charge in [0.15, 0.2) is 0 Å². The number of rotatable bonds is 3. The second kappa shape index (κ2) is 7.45. The fraction of sp³-hybridized carbons (Fsp3) is 0.500. The predicted octanol–water partition coefficient (Wildman–Crippen LogP) is 3.42. The largest absolute Gasteiger partial charge is 0.371 e. The zero-order valence-electron chi connectivity index (χ0n) is 17.2. The molecule has 2 fully saturated rings. The molecule has 1 aromatic heterocycles. The molecule has 2 saturated heterocycles. The first-order chi connectivity index (χ1) is 14.2. The lowest BCUT2D eigenvalue weighted by Gasteiger charge is -2.39. The first-order valence-corrected chi connectivity index (χ1v) is 10.9. The number of nitrogens with zero attached hydrogens (tertiary/aromatic N) is 3. The van der Waals surface area contributed by atoms with E-state index in [1.54, 1.807) is 0 Å². The van der Waals surface area contributed by atoms with Gasteiger partial charge in [0, 0.05) is 55.9 Å². The number of carbonyl (C=O) groups excluding carboxylic acids is 1. The molecule has 0 saturated carbocycles. The number of piperidine rings is 1. The fourth-order valence-corrected chi connectivity index (χ4v) is 5.52. The van der Waals surface area contributed by atoms with Gasteiger partial charge in [0.2, 0.25) is 0 Å². The van der Waals surface area contributed by atoms with E-state index in [2.05, 4.69) is 44.4 Å². The number of carbonyl (C=O) groups is 1. The number of aryl methyl sites for hydroxylation is 1. The molecule has 1 N–H and O–H groups in total. The van der Waals surface area contributed by atoms with E-state index in [0.29, 0.717) is 11.5 Å². The highest BCUT2D eigenvalue weighted by atomic mass is 16.2. The average molecular weight is 391 g/mol. The molecule has 3 aliphatic rings. The van der Waals surface area contributed by atoms with E-state index in [1.165, 1.54) is 23.2 Å². The summed E-state index contributed by atoms with van der Waals surface area (Å²) in [5.41, 5.74) is 5.19. The van der Waals surface area contributed by atoms with E-state index < -0.39 is 0 Å². The van der Waals surface area contributed by atoms with Crippen LogP contribution in [-0.2, 0) is 6.42 Å². The fourth-order valence-electron chi connectivity index (χ4n) is 5.52. The molecule has 5 rings (SSSR count). The molecule has 5 nitrogen and oxygen atoms in total. The van der Waals surface area contributed by atoms with Crippen LogP contribution in [0.1, 0.15) is 53.2 Å². The Morgan fingerprint density at radius 2 is 1.86 bits per heavy atom. The molecule has 0 bridgehead atoms. The van der Waals surface area contributed by atoms with Gasteiger partial charge in [-0.05, 0) is 80.0 Å². The highest BCUT2D eigenvalue weighted by molar-refractivity contribution is 5.94. The minimum absolute atomic E-state index is 0.202. The van der Waals surface area contributed by atoms with Crippen molar-refractivity contribution < 1.29 is 4.79 Å². The molecule has 5 heteroatoms. The number of fused-ring (bicyclic) bond motifs is 1. The molecule has 2 aliphatic heterocycles. The number of aromatic nitrogens is 1. The van der Waals surface area contributed by atoms with Gasteiger partial charge < -0.3 is 15.1 Å². The number of anilines is 1. The van der Waals surface area contributed by atoms with Gasteiger partial charge in [-0.25, -0.2) is 0 Å². The molecule has 29 heavy (non-hydrogen) atoms. The molecule has 1 spiro atoms. The van der Waals surface area contributed by atoms with Gasteiger partial charge in [0.05, 0.1) is 0 Å². The van der Waals surface area contributed by atoms with Crippen LogP contribution in [0.3, 0.4) is 0 Å². The number of hydrogen-bond donors (Lipinski definition) is 1. The molecule has 1 unspecified atom stereocenters. The Hall–Kier alpha value is -2.40. The molecule has 0 radical (unpaired) electrons. The van der Waals surface area contributed by atoms with Crippen molar-refractivity contribution in [2.45, 2.75) is 38.1 Å². The van der Waals surface area contributed by atoms with Crippen LogP contribution in [0.4, 0.5) is 5.69 Å². The van der Waals surface area contributed by atoms with Gasteiger partial charge in [-0.1, -0.05) is 6.07 Å². The van der Waals surface area contributed by atoms with Crippen molar-refractivity contribution in [2.75, 3.05) is 38.1 Å². The summed E-state index contributed by atoms with van der Waals surface area (Å²) in [5.74, 6) is 0.202. The smallest absolute Gasteiger partial charge is 0.253 e. The summed E-state index contributed by atoms with van der Waals surface area (Å²) in [4.78, 5) is 21.9. The number of nitrogens with one attached hydrogen (secondary N) is 1. The van der Waals surface area contributed by atoms with Gasteiger partial charge in [0.25, 0.3) is 5.91 Å². The number of amides is 1. The predicted molar refractivity (Wildman–Crippen MR) is 115 cm³/mol. The lowest BCUT2D eigenvalue weighted by molar-refractivity contribution is 0.0610. The van der Waals surface area contributed by atoms with Crippen LogP contribution in [0.25, 0.3) is 0 Å². The van der Waals surface area contributed by atoms with Crippen LogP contribution < -0.4 is 10.2 Å². The molecular formula is C24H30N4O. The zero-order chi connectivity index (χ0) is 19.8. The summed E-state index contributed by atoms with van der Waals surface area (Å²) in [6.45, 7) is 3.95. The maximum absolute atomic E-state index is 13.2. The SMILES string of the molecule is CNC1CCc2ccc(C(=O)N3CCC4(CC3)CCN(c3ccncc3)C4)cc21. The van der Waals surface area contributed by atoms with Gasteiger partial charge in [0.1, 0.15) is 0 Å². The normalized spacial score (nSPS) is 22.9. The summed E-state index contributed by atoms with van der Waals surface area (Å²) >= 11 is 0. The zero-order valence-corrected chi connectivity index (χ0v) is 17.2. The Morgan fingerprint density at radius 3 is 2.62 bits per heavy atom. The molecule has 1 aliphatic carbocycles. The van der Waals surface area contributed by atoms with Gasteiger partial charge in [-0.2, -0.15) is 0 Å². The Balaban J connectivity index is 1.24. The summed E-state index contributed by atoms with van der Waals surface area (Å²) in [7, 11) is 2.01. The van der Waals surface area contributed by atoms with Crippen LogP contribution >= 0.6 is 0 Å². The summed E-state index contributed by atoms with van der Waals surface area (Å²) < 4.78 is 0. The van der Waals surface area contributed by atoms with E-state index in [-0.39, 0.29) is 5.91 Å². The third kappa shape index (κ3) is 3.42. The van der Waals surface area contributed by atoms with Crippen LogP contribution in [0.15, 0.2) is 42.7 Å². The lowest BCUT2D eigenvalue weighted by Crippen LogP contribution is -2.44. The standard InChI is InChI=1S/C24H30N4O/c1-25-22-5-4-18-2-3-19(16-21(18)22)23(29)27-13-8-24(9-14-27)10-15-28(17-24)20-6-11-26-12-7-20/h2-3,6-7,11-12,16,22,25H,4-5,8-10,13-15,17H2,1H3. The Labute approximate surface area is 173 Å². The van der Waals surface area contributed by atoms with E-state index in [4.69, 9.17) is 0 Å². The second-order valence-electron chi connectivity index (χ2n) is 8.96. The van der Waals surface area contributed by atoms with Crippen molar-refractivity contribution in [3.63, 3.8) is 0 Å². The van der Waals surface area contributed by atoms with Gasteiger partial charge in [-0.15, -0.1) is 0 Å². The minimum Gasteiger partial charge on any atom is -0.371 e. The van der Waals surface area contributed by atoms with Crippen LogP contribution in [0, 0.1) is 5.41 Å². The van der Waals surface area contributed by atoms with Crippen molar-refractivity contribution in [1.82, 2.24) is 15.2 Å². The molecule has 152 valence electrons.